The lowest BCUT2D eigenvalue weighted by molar-refractivity contribution is -0.137. The van der Waals surface area contributed by atoms with E-state index in [1.54, 1.807) is 6.92 Å². The molecule has 122 valence electrons. The highest BCUT2D eigenvalue weighted by atomic mass is 19.3. The largest absolute Gasteiger partial charge is 0.493 e. The maximum absolute atomic E-state index is 12.5. The number of ether oxygens (including phenoxy) is 2. The van der Waals surface area contributed by atoms with Crippen molar-refractivity contribution in [3.05, 3.63) is 23.8 Å². The highest BCUT2D eigenvalue weighted by Crippen LogP contribution is 2.33. The minimum Gasteiger partial charge on any atom is -0.493 e. The number of carbonyl (C=O) groups excluding carboxylic acids is 1. The second-order valence-corrected chi connectivity index (χ2v) is 4.24. The third-order valence-corrected chi connectivity index (χ3v) is 2.90. The molecule has 1 amide bonds. The van der Waals surface area contributed by atoms with E-state index in [4.69, 9.17) is 9.84 Å². The second-order valence-electron chi connectivity index (χ2n) is 4.24. The Labute approximate surface area is 126 Å². The van der Waals surface area contributed by atoms with E-state index in [2.05, 4.69) is 4.74 Å². The van der Waals surface area contributed by atoms with E-state index in [0.29, 0.717) is 0 Å². The zero-order valence-electron chi connectivity index (χ0n) is 12.2. The third kappa shape index (κ3) is 4.57. The average molecular weight is 317 g/mol. The number of carboxylic acid groups (broad SMARTS) is 1. The molecule has 8 heteroatoms. The fourth-order valence-electron chi connectivity index (χ4n) is 1.86. The van der Waals surface area contributed by atoms with E-state index in [0.717, 1.165) is 0 Å². The van der Waals surface area contributed by atoms with Crippen molar-refractivity contribution in [2.75, 3.05) is 20.2 Å². The van der Waals surface area contributed by atoms with E-state index >= 15 is 0 Å². The van der Waals surface area contributed by atoms with Crippen LogP contribution in [0.3, 0.4) is 0 Å². The van der Waals surface area contributed by atoms with Crippen LogP contribution in [0.25, 0.3) is 0 Å². The van der Waals surface area contributed by atoms with Gasteiger partial charge in [0.1, 0.15) is 0 Å². The molecule has 0 aliphatic carbocycles. The number of hydrogen-bond donors (Lipinski definition) is 1. The second kappa shape index (κ2) is 8.16. The van der Waals surface area contributed by atoms with E-state index in [-0.39, 0.29) is 36.6 Å². The van der Waals surface area contributed by atoms with Gasteiger partial charge in [-0.3, -0.25) is 9.59 Å². The summed E-state index contributed by atoms with van der Waals surface area (Å²) in [5.41, 5.74) is -0.105. The van der Waals surface area contributed by atoms with Crippen LogP contribution in [0, 0.1) is 0 Å². The summed E-state index contributed by atoms with van der Waals surface area (Å²) in [5.74, 6) is -2.02. The summed E-state index contributed by atoms with van der Waals surface area (Å²) in [5, 5.41) is 8.68. The van der Waals surface area contributed by atoms with Crippen LogP contribution in [-0.4, -0.2) is 48.7 Å². The fraction of sp³-hybridized carbons (Fsp3) is 0.429. The Kier molecular flexibility index (Phi) is 6.55. The van der Waals surface area contributed by atoms with Crippen LogP contribution in [0.2, 0.25) is 0 Å². The van der Waals surface area contributed by atoms with Crippen LogP contribution in [0.4, 0.5) is 8.78 Å². The molecule has 0 heterocycles. The summed E-state index contributed by atoms with van der Waals surface area (Å²) in [6.45, 7) is -1.25. The SMILES string of the molecule is CCN(CCC(=O)O)C(=O)c1cccc(OC)c1OC(F)F. The molecule has 0 spiro atoms. The first-order valence-electron chi connectivity index (χ1n) is 6.53. The van der Waals surface area contributed by atoms with Crippen molar-refractivity contribution < 1.29 is 33.0 Å². The lowest BCUT2D eigenvalue weighted by Crippen LogP contribution is -2.33. The van der Waals surface area contributed by atoms with Gasteiger partial charge in [0.05, 0.1) is 19.1 Å². The first-order chi connectivity index (χ1) is 10.4. The topological polar surface area (TPSA) is 76.1 Å². The number of carbonyl (C=O) groups is 2. The quantitative estimate of drug-likeness (QED) is 0.796. The molecule has 1 rings (SSSR count). The summed E-state index contributed by atoms with van der Waals surface area (Å²) in [7, 11) is 1.27. The first kappa shape index (κ1) is 17.7. The predicted molar refractivity (Wildman–Crippen MR) is 73.5 cm³/mol. The smallest absolute Gasteiger partial charge is 0.387 e. The maximum Gasteiger partial charge on any atom is 0.387 e. The normalized spacial score (nSPS) is 10.4. The molecular weight excluding hydrogens is 300 g/mol. The van der Waals surface area contributed by atoms with Crippen molar-refractivity contribution in [3.8, 4) is 11.5 Å². The third-order valence-electron chi connectivity index (χ3n) is 2.90. The molecule has 0 fully saturated rings. The van der Waals surface area contributed by atoms with Crippen molar-refractivity contribution in [1.29, 1.82) is 0 Å². The monoisotopic (exact) mass is 317 g/mol. The molecule has 0 radical (unpaired) electrons. The lowest BCUT2D eigenvalue weighted by Gasteiger charge is -2.22. The summed E-state index contributed by atoms with van der Waals surface area (Å²) >= 11 is 0. The molecule has 0 unspecified atom stereocenters. The van der Waals surface area contributed by atoms with Crippen molar-refractivity contribution in [2.45, 2.75) is 20.0 Å². The van der Waals surface area contributed by atoms with E-state index in [1.807, 2.05) is 0 Å². The molecule has 1 N–H and O–H groups in total. The number of para-hydroxylation sites is 1. The van der Waals surface area contributed by atoms with Crippen molar-refractivity contribution in [1.82, 2.24) is 4.90 Å². The molecule has 0 saturated heterocycles. The van der Waals surface area contributed by atoms with Crippen LogP contribution in [-0.2, 0) is 4.79 Å². The molecule has 1 aromatic carbocycles. The van der Waals surface area contributed by atoms with Crippen LogP contribution < -0.4 is 9.47 Å². The van der Waals surface area contributed by atoms with Gasteiger partial charge in [-0.05, 0) is 19.1 Å². The summed E-state index contributed by atoms with van der Waals surface area (Å²) in [4.78, 5) is 24.3. The van der Waals surface area contributed by atoms with Crippen LogP contribution in [0.1, 0.15) is 23.7 Å². The van der Waals surface area contributed by atoms with Gasteiger partial charge in [0.15, 0.2) is 11.5 Å². The number of hydrogen-bond acceptors (Lipinski definition) is 4. The van der Waals surface area contributed by atoms with E-state index in [1.165, 1.54) is 30.2 Å². The summed E-state index contributed by atoms with van der Waals surface area (Å²) < 4.78 is 34.4. The number of benzene rings is 1. The molecule has 0 atom stereocenters. The molecular formula is C14H17F2NO5. The van der Waals surface area contributed by atoms with Gasteiger partial charge in [0.2, 0.25) is 0 Å². The highest BCUT2D eigenvalue weighted by molar-refractivity contribution is 5.98. The van der Waals surface area contributed by atoms with E-state index in [9.17, 15) is 18.4 Å². The van der Waals surface area contributed by atoms with Gasteiger partial charge < -0.3 is 19.5 Å². The van der Waals surface area contributed by atoms with Crippen LogP contribution in [0.15, 0.2) is 18.2 Å². The molecule has 1 aromatic rings. The number of amides is 1. The van der Waals surface area contributed by atoms with Gasteiger partial charge in [-0.1, -0.05) is 6.07 Å². The lowest BCUT2D eigenvalue weighted by atomic mass is 10.1. The van der Waals surface area contributed by atoms with Crippen LogP contribution >= 0.6 is 0 Å². The maximum atomic E-state index is 12.5. The number of rotatable bonds is 8. The minimum absolute atomic E-state index is 0.000405. The first-order valence-corrected chi connectivity index (χ1v) is 6.53. The molecule has 0 aromatic heterocycles. The molecule has 0 bridgehead atoms. The molecule has 0 aliphatic rings. The van der Waals surface area contributed by atoms with Crippen molar-refractivity contribution in [3.63, 3.8) is 0 Å². The average Bonchev–Trinajstić information content (AvgIpc) is 2.47. The van der Waals surface area contributed by atoms with Gasteiger partial charge >= 0.3 is 12.6 Å². The Hall–Kier alpha value is -2.38. The van der Waals surface area contributed by atoms with Gasteiger partial charge in [0.25, 0.3) is 5.91 Å². The number of halogens is 2. The highest BCUT2D eigenvalue weighted by Gasteiger charge is 2.23. The van der Waals surface area contributed by atoms with Gasteiger partial charge in [-0.15, -0.1) is 0 Å². The van der Waals surface area contributed by atoms with Gasteiger partial charge in [0, 0.05) is 13.1 Å². The minimum atomic E-state index is -3.11. The fourth-order valence-corrected chi connectivity index (χ4v) is 1.86. The zero-order valence-corrected chi connectivity index (χ0v) is 12.2. The van der Waals surface area contributed by atoms with Crippen molar-refractivity contribution >= 4 is 11.9 Å². The zero-order chi connectivity index (χ0) is 16.7. The summed E-state index contributed by atoms with van der Waals surface area (Å²) in [6, 6.07) is 4.18. The Bertz CT molecular complexity index is 536. The Morgan fingerprint density at radius 1 is 1.36 bits per heavy atom. The molecule has 0 saturated carbocycles. The predicted octanol–water partition coefficient (Wildman–Crippen LogP) is 2.23. The number of carboxylic acids is 1. The number of alkyl halides is 2. The number of nitrogens with zero attached hydrogens (tertiary/aromatic N) is 1. The molecule has 22 heavy (non-hydrogen) atoms. The van der Waals surface area contributed by atoms with Crippen LogP contribution in [0.5, 0.6) is 11.5 Å². The number of aliphatic carboxylic acids is 1. The Morgan fingerprint density at radius 2 is 2.05 bits per heavy atom. The van der Waals surface area contributed by atoms with E-state index < -0.39 is 18.5 Å². The Balaban J connectivity index is 3.11. The van der Waals surface area contributed by atoms with Crippen molar-refractivity contribution in [2.24, 2.45) is 0 Å². The molecule has 0 aliphatic heterocycles. The Morgan fingerprint density at radius 3 is 2.55 bits per heavy atom. The standard InChI is InChI=1S/C14H17F2NO5/c1-3-17(8-7-11(18)19)13(20)9-5-4-6-10(21-2)12(9)22-14(15)16/h4-6,14H,3,7-8H2,1-2H3,(H,18,19). The van der Waals surface area contributed by atoms with Gasteiger partial charge in [-0.25, -0.2) is 0 Å². The molecule has 6 nitrogen and oxygen atoms in total. The van der Waals surface area contributed by atoms with Gasteiger partial charge in [-0.2, -0.15) is 8.78 Å². The summed E-state index contributed by atoms with van der Waals surface area (Å²) in [6.07, 6.45) is -0.241. The number of methoxy groups -OCH3 is 1.